The van der Waals surface area contributed by atoms with Gasteiger partial charge in [0.25, 0.3) is 0 Å². The minimum atomic E-state index is 0.799. The van der Waals surface area contributed by atoms with E-state index >= 15 is 0 Å². The first-order valence-electron chi connectivity index (χ1n) is 3.88. The molecule has 68 valence electrons. The molecule has 0 atom stereocenters. The summed E-state index contributed by atoms with van der Waals surface area (Å²) in [5, 5.41) is 0. The highest BCUT2D eigenvalue weighted by atomic mass is 79.9. The lowest BCUT2D eigenvalue weighted by Gasteiger charge is -1.93. The lowest BCUT2D eigenvalue weighted by molar-refractivity contribution is 0.751. The van der Waals surface area contributed by atoms with Gasteiger partial charge >= 0.3 is 0 Å². The molecule has 0 bridgehead atoms. The summed E-state index contributed by atoms with van der Waals surface area (Å²) in [6, 6.07) is 2.17. The lowest BCUT2D eigenvalue weighted by atomic mass is 10.2. The second kappa shape index (κ2) is 5.37. The Morgan fingerprint density at radius 2 is 2.08 bits per heavy atom. The molecule has 0 aliphatic heterocycles. The topological polar surface area (TPSA) is 26.0 Å². The Balaban J connectivity index is 2.42. The molecule has 1 aromatic heterocycles. The molecule has 0 spiro atoms. The van der Waals surface area contributed by atoms with Crippen molar-refractivity contribution in [2.75, 3.05) is 6.54 Å². The molecule has 2 N–H and O–H groups in total. The van der Waals surface area contributed by atoms with E-state index in [1.807, 2.05) is 0 Å². The van der Waals surface area contributed by atoms with Gasteiger partial charge in [-0.3, -0.25) is 0 Å². The van der Waals surface area contributed by atoms with E-state index in [4.69, 9.17) is 5.73 Å². The van der Waals surface area contributed by atoms with Gasteiger partial charge in [-0.15, -0.1) is 11.3 Å². The third kappa shape index (κ3) is 3.17. The molecule has 0 saturated heterocycles. The Hall–Kier alpha value is 0.620. The monoisotopic (exact) mass is 311 g/mol. The first-order chi connectivity index (χ1) is 5.74. The molecular weight excluding hydrogens is 302 g/mol. The van der Waals surface area contributed by atoms with Crippen molar-refractivity contribution in [3.63, 3.8) is 0 Å². The zero-order valence-electron chi connectivity index (χ0n) is 6.65. The van der Waals surface area contributed by atoms with Crippen molar-refractivity contribution in [2.45, 2.75) is 19.3 Å². The molecule has 0 aliphatic carbocycles. The standard InChI is InChI=1S/C8H11Br2NS/c9-7-5-6(12-8(7)10)3-1-2-4-11/h5H,1-4,11H2. The summed E-state index contributed by atoms with van der Waals surface area (Å²) in [5.74, 6) is 0. The van der Waals surface area contributed by atoms with E-state index in [0.717, 1.165) is 23.9 Å². The van der Waals surface area contributed by atoms with Crippen LogP contribution >= 0.6 is 43.2 Å². The summed E-state index contributed by atoms with van der Waals surface area (Å²) in [7, 11) is 0. The summed E-state index contributed by atoms with van der Waals surface area (Å²) in [5.41, 5.74) is 5.41. The second-order valence-electron chi connectivity index (χ2n) is 2.58. The van der Waals surface area contributed by atoms with E-state index in [1.54, 1.807) is 11.3 Å². The maximum atomic E-state index is 5.41. The summed E-state index contributed by atoms with van der Waals surface area (Å²) in [6.45, 7) is 0.799. The molecule has 1 aromatic rings. The molecule has 0 unspecified atom stereocenters. The first-order valence-corrected chi connectivity index (χ1v) is 6.28. The van der Waals surface area contributed by atoms with Crippen LogP contribution in [0.2, 0.25) is 0 Å². The van der Waals surface area contributed by atoms with E-state index in [0.29, 0.717) is 0 Å². The zero-order valence-corrected chi connectivity index (χ0v) is 10.6. The summed E-state index contributed by atoms with van der Waals surface area (Å²) < 4.78 is 2.35. The minimum Gasteiger partial charge on any atom is -0.330 e. The number of aryl methyl sites for hydroxylation is 1. The highest BCUT2D eigenvalue weighted by molar-refractivity contribution is 9.13. The third-order valence-electron chi connectivity index (χ3n) is 1.57. The van der Waals surface area contributed by atoms with E-state index in [9.17, 15) is 0 Å². The summed E-state index contributed by atoms with van der Waals surface area (Å²) in [4.78, 5) is 1.42. The van der Waals surface area contributed by atoms with Crippen LogP contribution in [0.1, 0.15) is 17.7 Å². The molecule has 12 heavy (non-hydrogen) atoms. The number of hydrogen-bond acceptors (Lipinski definition) is 2. The fourth-order valence-corrected chi connectivity index (χ4v) is 3.18. The smallest absolute Gasteiger partial charge is 0.0843 e. The van der Waals surface area contributed by atoms with Crippen molar-refractivity contribution in [3.05, 3.63) is 19.2 Å². The normalized spacial score (nSPS) is 10.6. The van der Waals surface area contributed by atoms with Gasteiger partial charge in [0.15, 0.2) is 0 Å². The molecule has 0 amide bonds. The van der Waals surface area contributed by atoms with E-state index in [1.165, 1.54) is 15.1 Å². The van der Waals surface area contributed by atoms with Crippen molar-refractivity contribution < 1.29 is 0 Å². The average molecular weight is 313 g/mol. The van der Waals surface area contributed by atoms with Gasteiger partial charge in [-0.1, -0.05) is 0 Å². The van der Waals surface area contributed by atoms with Crippen LogP contribution in [0.25, 0.3) is 0 Å². The second-order valence-corrected chi connectivity index (χ2v) is 5.89. The lowest BCUT2D eigenvalue weighted by Crippen LogP contribution is -1.98. The van der Waals surface area contributed by atoms with Crippen LogP contribution in [0.5, 0.6) is 0 Å². The number of thiophene rings is 1. The number of halogens is 2. The molecule has 0 fully saturated rings. The van der Waals surface area contributed by atoms with E-state index < -0.39 is 0 Å². The third-order valence-corrected chi connectivity index (χ3v) is 4.89. The molecule has 0 aromatic carbocycles. The minimum absolute atomic E-state index is 0.799. The van der Waals surface area contributed by atoms with Gasteiger partial charge in [-0.2, -0.15) is 0 Å². The Bertz CT molecular complexity index is 228. The van der Waals surface area contributed by atoms with Gasteiger partial charge in [-0.25, -0.2) is 0 Å². The van der Waals surface area contributed by atoms with Gasteiger partial charge in [-0.05, 0) is 63.7 Å². The van der Waals surface area contributed by atoms with Crippen molar-refractivity contribution >= 4 is 43.2 Å². The van der Waals surface area contributed by atoms with Crippen LogP contribution in [0.15, 0.2) is 14.3 Å². The number of rotatable bonds is 4. The zero-order chi connectivity index (χ0) is 8.97. The van der Waals surface area contributed by atoms with E-state index in [2.05, 4.69) is 37.9 Å². The van der Waals surface area contributed by atoms with Crippen molar-refractivity contribution in [3.8, 4) is 0 Å². The van der Waals surface area contributed by atoms with Gasteiger partial charge in [0.2, 0.25) is 0 Å². The van der Waals surface area contributed by atoms with Crippen LogP contribution in [0.4, 0.5) is 0 Å². The Labute approximate surface area is 93.6 Å². The van der Waals surface area contributed by atoms with Crippen molar-refractivity contribution in [1.29, 1.82) is 0 Å². The molecule has 1 nitrogen and oxygen atoms in total. The predicted octanol–water partition coefficient (Wildman–Crippen LogP) is 3.55. The number of unbranched alkanes of at least 4 members (excludes halogenated alkanes) is 1. The van der Waals surface area contributed by atoms with Crippen LogP contribution in [-0.4, -0.2) is 6.54 Å². The molecule has 1 heterocycles. The average Bonchev–Trinajstić information content (AvgIpc) is 2.32. The first kappa shape index (κ1) is 10.7. The van der Waals surface area contributed by atoms with Crippen LogP contribution in [0.3, 0.4) is 0 Å². The van der Waals surface area contributed by atoms with Gasteiger partial charge in [0, 0.05) is 9.35 Å². The number of hydrogen-bond donors (Lipinski definition) is 1. The van der Waals surface area contributed by atoms with E-state index in [-0.39, 0.29) is 0 Å². The predicted molar refractivity (Wildman–Crippen MR) is 61.7 cm³/mol. The Kier molecular flexibility index (Phi) is 4.79. The van der Waals surface area contributed by atoms with Crippen LogP contribution in [0, 0.1) is 0 Å². The molecule has 0 radical (unpaired) electrons. The molecule has 4 heteroatoms. The van der Waals surface area contributed by atoms with Gasteiger partial charge < -0.3 is 5.73 Å². The largest absolute Gasteiger partial charge is 0.330 e. The number of nitrogens with two attached hydrogens (primary N) is 1. The highest BCUT2D eigenvalue weighted by Gasteiger charge is 2.02. The van der Waals surface area contributed by atoms with Crippen LogP contribution in [-0.2, 0) is 6.42 Å². The molecule has 0 saturated carbocycles. The van der Waals surface area contributed by atoms with Crippen molar-refractivity contribution in [1.82, 2.24) is 0 Å². The molecular formula is C8H11Br2NS. The summed E-state index contributed by atoms with van der Waals surface area (Å²) >= 11 is 8.73. The van der Waals surface area contributed by atoms with Gasteiger partial charge in [0.1, 0.15) is 0 Å². The summed E-state index contributed by atoms with van der Waals surface area (Å²) in [6.07, 6.45) is 3.45. The quantitative estimate of drug-likeness (QED) is 0.845. The molecule has 1 rings (SSSR count). The fourth-order valence-electron chi connectivity index (χ4n) is 0.958. The maximum absolute atomic E-state index is 5.41. The Morgan fingerprint density at radius 3 is 2.58 bits per heavy atom. The maximum Gasteiger partial charge on any atom is 0.0843 e. The highest BCUT2D eigenvalue weighted by Crippen LogP contribution is 2.32. The van der Waals surface area contributed by atoms with Crippen LogP contribution < -0.4 is 5.73 Å². The van der Waals surface area contributed by atoms with Gasteiger partial charge in [0.05, 0.1) is 3.79 Å². The molecule has 0 aliphatic rings. The fraction of sp³-hybridized carbons (Fsp3) is 0.500. The Morgan fingerprint density at radius 1 is 1.33 bits per heavy atom. The van der Waals surface area contributed by atoms with Crippen molar-refractivity contribution in [2.24, 2.45) is 5.73 Å². The SMILES string of the molecule is NCCCCc1cc(Br)c(Br)s1.